The molecule has 0 spiro atoms. The SMILES string of the molecule is C=Cc1ccc(OCc2ccccc2)c(C(F)(F)F)c1. The Balaban J connectivity index is 2.25. The molecule has 0 aliphatic heterocycles. The van der Waals surface area contributed by atoms with Crippen molar-refractivity contribution in [3.05, 3.63) is 71.8 Å². The van der Waals surface area contributed by atoms with E-state index in [1.54, 1.807) is 18.2 Å². The number of halogens is 3. The van der Waals surface area contributed by atoms with Crippen molar-refractivity contribution in [1.29, 1.82) is 0 Å². The fourth-order valence-electron chi connectivity index (χ4n) is 1.76. The second-order valence-electron chi connectivity index (χ2n) is 4.23. The molecule has 0 heterocycles. The Bertz CT molecular complexity index is 588. The van der Waals surface area contributed by atoms with Crippen molar-refractivity contribution in [3.63, 3.8) is 0 Å². The van der Waals surface area contributed by atoms with E-state index in [1.165, 1.54) is 12.1 Å². The highest BCUT2D eigenvalue weighted by Gasteiger charge is 2.34. The number of alkyl halides is 3. The average Bonchev–Trinajstić information content (AvgIpc) is 2.45. The summed E-state index contributed by atoms with van der Waals surface area (Å²) in [6, 6.07) is 13.0. The number of hydrogen-bond donors (Lipinski definition) is 0. The fourth-order valence-corrected chi connectivity index (χ4v) is 1.76. The maximum Gasteiger partial charge on any atom is 0.419 e. The van der Waals surface area contributed by atoms with Crippen molar-refractivity contribution in [2.45, 2.75) is 12.8 Å². The van der Waals surface area contributed by atoms with Crippen LogP contribution in [-0.2, 0) is 12.8 Å². The van der Waals surface area contributed by atoms with Gasteiger partial charge in [-0.1, -0.05) is 49.1 Å². The van der Waals surface area contributed by atoms with Crippen LogP contribution in [-0.4, -0.2) is 0 Å². The van der Waals surface area contributed by atoms with E-state index in [0.717, 1.165) is 11.6 Å². The lowest BCUT2D eigenvalue weighted by atomic mass is 10.1. The van der Waals surface area contributed by atoms with E-state index >= 15 is 0 Å². The van der Waals surface area contributed by atoms with E-state index in [-0.39, 0.29) is 12.4 Å². The minimum Gasteiger partial charge on any atom is -0.488 e. The van der Waals surface area contributed by atoms with E-state index in [0.29, 0.717) is 5.56 Å². The van der Waals surface area contributed by atoms with Crippen LogP contribution in [0.4, 0.5) is 13.2 Å². The number of benzene rings is 2. The summed E-state index contributed by atoms with van der Waals surface area (Å²) in [5.74, 6) is -0.174. The van der Waals surface area contributed by atoms with Crippen LogP contribution in [0.1, 0.15) is 16.7 Å². The van der Waals surface area contributed by atoms with Crippen molar-refractivity contribution >= 4 is 6.08 Å². The molecule has 2 aromatic rings. The van der Waals surface area contributed by atoms with Gasteiger partial charge in [-0.05, 0) is 23.3 Å². The highest BCUT2D eigenvalue weighted by atomic mass is 19.4. The summed E-state index contributed by atoms with van der Waals surface area (Å²) in [5, 5.41) is 0. The summed E-state index contributed by atoms with van der Waals surface area (Å²) in [7, 11) is 0. The molecule has 0 saturated carbocycles. The highest BCUT2D eigenvalue weighted by molar-refractivity contribution is 5.52. The van der Waals surface area contributed by atoms with E-state index in [9.17, 15) is 13.2 Å². The predicted molar refractivity (Wildman–Crippen MR) is 72.3 cm³/mol. The topological polar surface area (TPSA) is 9.23 Å². The number of rotatable bonds is 4. The molecule has 2 aromatic carbocycles. The molecule has 0 atom stereocenters. The first kappa shape index (κ1) is 14.2. The van der Waals surface area contributed by atoms with Crippen LogP contribution in [0.3, 0.4) is 0 Å². The minimum absolute atomic E-state index is 0.0946. The predicted octanol–water partition coefficient (Wildman–Crippen LogP) is 4.93. The first-order chi connectivity index (χ1) is 9.50. The van der Waals surface area contributed by atoms with Gasteiger partial charge in [0.2, 0.25) is 0 Å². The first-order valence-electron chi connectivity index (χ1n) is 6.01. The summed E-state index contributed by atoms with van der Waals surface area (Å²) in [6.45, 7) is 3.56. The largest absolute Gasteiger partial charge is 0.488 e. The Kier molecular flexibility index (Phi) is 4.13. The van der Waals surface area contributed by atoms with Gasteiger partial charge in [0.1, 0.15) is 12.4 Å². The van der Waals surface area contributed by atoms with Crippen molar-refractivity contribution in [2.75, 3.05) is 0 Å². The summed E-state index contributed by atoms with van der Waals surface area (Å²) >= 11 is 0. The molecule has 20 heavy (non-hydrogen) atoms. The average molecular weight is 278 g/mol. The van der Waals surface area contributed by atoms with Gasteiger partial charge in [-0.25, -0.2) is 0 Å². The Morgan fingerprint density at radius 2 is 1.75 bits per heavy atom. The van der Waals surface area contributed by atoms with Gasteiger partial charge in [0.15, 0.2) is 0 Å². The standard InChI is InChI=1S/C16H13F3O/c1-2-12-8-9-15(14(10-12)16(17,18)19)20-11-13-6-4-3-5-7-13/h2-10H,1,11H2. The molecule has 0 radical (unpaired) electrons. The molecule has 1 nitrogen and oxygen atoms in total. The molecule has 2 rings (SSSR count). The molecular weight excluding hydrogens is 265 g/mol. The zero-order chi connectivity index (χ0) is 14.6. The van der Waals surface area contributed by atoms with Gasteiger partial charge in [-0.2, -0.15) is 13.2 Å². The molecule has 0 saturated heterocycles. The second kappa shape index (κ2) is 5.82. The van der Waals surface area contributed by atoms with E-state index in [2.05, 4.69) is 6.58 Å². The molecule has 0 aliphatic carbocycles. The van der Waals surface area contributed by atoms with Crippen molar-refractivity contribution in [3.8, 4) is 5.75 Å². The lowest BCUT2D eigenvalue weighted by molar-refractivity contribution is -0.139. The van der Waals surface area contributed by atoms with Crippen LogP contribution in [0.2, 0.25) is 0 Å². The van der Waals surface area contributed by atoms with Gasteiger partial charge < -0.3 is 4.74 Å². The van der Waals surface area contributed by atoms with Gasteiger partial charge >= 0.3 is 6.18 Å². The molecule has 0 aliphatic rings. The number of hydrogen-bond acceptors (Lipinski definition) is 1. The van der Waals surface area contributed by atoms with Crippen LogP contribution < -0.4 is 4.74 Å². The first-order valence-corrected chi connectivity index (χ1v) is 6.01. The third-order valence-electron chi connectivity index (χ3n) is 2.78. The van der Waals surface area contributed by atoms with E-state index in [1.807, 2.05) is 18.2 Å². The normalized spacial score (nSPS) is 11.2. The maximum absolute atomic E-state index is 13.0. The molecule has 0 unspecified atom stereocenters. The smallest absolute Gasteiger partial charge is 0.419 e. The van der Waals surface area contributed by atoms with Crippen LogP contribution >= 0.6 is 0 Å². The fraction of sp³-hybridized carbons (Fsp3) is 0.125. The minimum atomic E-state index is -4.45. The number of ether oxygens (including phenoxy) is 1. The Morgan fingerprint density at radius 1 is 1.05 bits per heavy atom. The van der Waals surface area contributed by atoms with Crippen molar-refractivity contribution in [1.82, 2.24) is 0 Å². The Morgan fingerprint density at radius 3 is 2.35 bits per heavy atom. The third-order valence-corrected chi connectivity index (χ3v) is 2.78. The lowest BCUT2D eigenvalue weighted by Crippen LogP contribution is -2.09. The molecule has 0 aromatic heterocycles. The molecule has 4 heteroatoms. The summed E-state index contributed by atoms with van der Waals surface area (Å²) in [6.07, 6.45) is -3.08. The molecule has 0 fully saturated rings. The van der Waals surface area contributed by atoms with Gasteiger partial charge in [0.25, 0.3) is 0 Å². The van der Waals surface area contributed by atoms with E-state index in [4.69, 9.17) is 4.74 Å². The molecule has 104 valence electrons. The van der Waals surface area contributed by atoms with Crippen LogP contribution in [0.15, 0.2) is 55.1 Å². The monoisotopic (exact) mass is 278 g/mol. The summed E-state index contributed by atoms with van der Waals surface area (Å²) < 4.78 is 44.2. The molecular formula is C16H13F3O. The van der Waals surface area contributed by atoms with E-state index < -0.39 is 11.7 Å². The Hall–Kier alpha value is -2.23. The maximum atomic E-state index is 13.0. The summed E-state index contributed by atoms with van der Waals surface area (Å²) in [4.78, 5) is 0. The van der Waals surface area contributed by atoms with Crippen LogP contribution in [0.25, 0.3) is 6.08 Å². The van der Waals surface area contributed by atoms with Crippen LogP contribution in [0.5, 0.6) is 5.75 Å². The zero-order valence-electron chi connectivity index (χ0n) is 10.7. The van der Waals surface area contributed by atoms with Gasteiger partial charge in [-0.15, -0.1) is 0 Å². The lowest BCUT2D eigenvalue weighted by Gasteiger charge is -2.14. The van der Waals surface area contributed by atoms with Gasteiger partial charge in [0.05, 0.1) is 5.56 Å². The highest BCUT2D eigenvalue weighted by Crippen LogP contribution is 2.37. The van der Waals surface area contributed by atoms with Gasteiger partial charge in [0, 0.05) is 0 Å². The zero-order valence-corrected chi connectivity index (χ0v) is 10.7. The third kappa shape index (κ3) is 3.41. The molecule has 0 amide bonds. The van der Waals surface area contributed by atoms with Crippen LogP contribution in [0, 0.1) is 0 Å². The van der Waals surface area contributed by atoms with Gasteiger partial charge in [-0.3, -0.25) is 0 Å². The molecule has 0 bridgehead atoms. The molecule has 0 N–H and O–H groups in total. The second-order valence-corrected chi connectivity index (χ2v) is 4.23. The quantitative estimate of drug-likeness (QED) is 0.770. The van der Waals surface area contributed by atoms with Crippen molar-refractivity contribution < 1.29 is 17.9 Å². The van der Waals surface area contributed by atoms with Crippen molar-refractivity contribution in [2.24, 2.45) is 0 Å². The summed E-state index contributed by atoms with van der Waals surface area (Å²) in [5.41, 5.74) is 0.434. The Labute approximate surface area is 115 Å².